The molecule has 3 rings (SSSR count). The molecule has 0 fully saturated rings. The predicted octanol–water partition coefficient (Wildman–Crippen LogP) is 3.62. The molecule has 0 spiro atoms. The molecule has 0 saturated heterocycles. The second-order valence-electron chi connectivity index (χ2n) is 4.49. The summed E-state index contributed by atoms with van der Waals surface area (Å²) in [5, 5.41) is 0. The van der Waals surface area contributed by atoms with E-state index in [-0.39, 0.29) is 0 Å². The Balaban J connectivity index is 1.98. The van der Waals surface area contributed by atoms with Gasteiger partial charge in [0.1, 0.15) is 0 Å². The number of fused-ring (bicyclic) bond motifs is 2. The lowest BCUT2D eigenvalue weighted by Crippen LogP contribution is -2.21. The summed E-state index contributed by atoms with van der Waals surface area (Å²) >= 11 is 0. The number of hydrogen-bond donors (Lipinski definition) is 0. The van der Waals surface area contributed by atoms with Crippen molar-refractivity contribution < 1.29 is 0 Å². The molecule has 0 heterocycles. The quantitative estimate of drug-likeness (QED) is 0.489. The average molecular weight is 172 g/mol. The third kappa shape index (κ3) is 1.12. The van der Waals surface area contributed by atoms with Crippen LogP contribution in [-0.2, 0) is 0 Å². The second-order valence-corrected chi connectivity index (χ2v) is 4.49. The molecule has 0 aromatic heterocycles. The van der Waals surface area contributed by atoms with E-state index >= 15 is 0 Å². The van der Waals surface area contributed by atoms with Crippen LogP contribution in [0.4, 0.5) is 0 Å². The van der Waals surface area contributed by atoms with Crippen LogP contribution >= 0.6 is 0 Å². The van der Waals surface area contributed by atoms with Gasteiger partial charge in [-0.1, -0.05) is 29.9 Å². The SMILES string of the molecule is C1=CC2C3=C(C=CC3)CCC2CC1. The normalized spacial score (nSPS) is 36.3. The zero-order chi connectivity index (χ0) is 8.67. The van der Waals surface area contributed by atoms with Crippen LogP contribution in [0.1, 0.15) is 32.1 Å². The summed E-state index contributed by atoms with van der Waals surface area (Å²) in [6.07, 6.45) is 16.3. The Bertz CT molecular complexity index is 304. The smallest absolute Gasteiger partial charge is 0.00142 e. The zero-order valence-electron chi connectivity index (χ0n) is 8.00. The van der Waals surface area contributed by atoms with Gasteiger partial charge in [0.2, 0.25) is 0 Å². The maximum atomic E-state index is 2.47. The maximum absolute atomic E-state index is 2.47. The molecule has 0 aromatic rings. The highest BCUT2D eigenvalue weighted by Crippen LogP contribution is 2.44. The summed E-state index contributed by atoms with van der Waals surface area (Å²) < 4.78 is 0. The minimum atomic E-state index is 0.812. The monoisotopic (exact) mass is 172 g/mol. The predicted molar refractivity (Wildman–Crippen MR) is 55.4 cm³/mol. The molecular formula is C13H16. The van der Waals surface area contributed by atoms with E-state index in [1.165, 1.54) is 32.1 Å². The van der Waals surface area contributed by atoms with Gasteiger partial charge < -0.3 is 0 Å². The molecule has 0 aliphatic heterocycles. The van der Waals surface area contributed by atoms with Crippen LogP contribution in [0.5, 0.6) is 0 Å². The van der Waals surface area contributed by atoms with Gasteiger partial charge in [-0.05, 0) is 43.6 Å². The molecule has 3 aliphatic rings. The highest BCUT2D eigenvalue weighted by Gasteiger charge is 2.30. The topological polar surface area (TPSA) is 0 Å². The van der Waals surface area contributed by atoms with Crippen molar-refractivity contribution in [3.8, 4) is 0 Å². The highest BCUT2D eigenvalue weighted by molar-refractivity contribution is 5.39. The first-order valence-electron chi connectivity index (χ1n) is 5.50. The zero-order valence-corrected chi connectivity index (χ0v) is 8.00. The molecular weight excluding hydrogens is 156 g/mol. The van der Waals surface area contributed by atoms with Gasteiger partial charge in [0, 0.05) is 5.92 Å². The fraction of sp³-hybridized carbons (Fsp3) is 0.538. The maximum Gasteiger partial charge on any atom is 0.00142 e. The average Bonchev–Trinajstić information content (AvgIpc) is 2.65. The molecule has 0 bridgehead atoms. The van der Waals surface area contributed by atoms with E-state index in [0.29, 0.717) is 0 Å². The first kappa shape index (κ1) is 7.61. The van der Waals surface area contributed by atoms with Gasteiger partial charge in [-0.15, -0.1) is 0 Å². The number of allylic oxidation sites excluding steroid dienone is 6. The molecule has 2 atom stereocenters. The van der Waals surface area contributed by atoms with Crippen molar-refractivity contribution in [1.29, 1.82) is 0 Å². The van der Waals surface area contributed by atoms with E-state index in [9.17, 15) is 0 Å². The molecule has 13 heavy (non-hydrogen) atoms. The molecule has 0 nitrogen and oxygen atoms in total. The fourth-order valence-corrected chi connectivity index (χ4v) is 3.12. The lowest BCUT2D eigenvalue weighted by Gasteiger charge is -2.33. The lowest BCUT2D eigenvalue weighted by molar-refractivity contribution is 0.347. The minimum Gasteiger partial charge on any atom is -0.0879 e. The first-order valence-corrected chi connectivity index (χ1v) is 5.50. The van der Waals surface area contributed by atoms with Crippen molar-refractivity contribution in [2.24, 2.45) is 11.8 Å². The molecule has 0 radical (unpaired) electrons. The molecule has 0 saturated carbocycles. The molecule has 2 unspecified atom stereocenters. The van der Waals surface area contributed by atoms with Crippen molar-refractivity contribution >= 4 is 0 Å². The molecule has 68 valence electrons. The van der Waals surface area contributed by atoms with Crippen molar-refractivity contribution in [2.75, 3.05) is 0 Å². The summed E-state index contributed by atoms with van der Waals surface area (Å²) in [6.45, 7) is 0. The summed E-state index contributed by atoms with van der Waals surface area (Å²) in [4.78, 5) is 0. The Hall–Kier alpha value is -0.780. The van der Waals surface area contributed by atoms with Crippen molar-refractivity contribution in [3.63, 3.8) is 0 Å². The Labute approximate surface area is 80.0 Å². The standard InChI is InChI=1S/C13H16/c1-2-6-12-10(4-1)8-9-11-5-3-7-13(11)12/h2-3,5-6,10,12H,1,4,7-9H2. The van der Waals surface area contributed by atoms with Gasteiger partial charge in [-0.2, -0.15) is 0 Å². The van der Waals surface area contributed by atoms with Crippen molar-refractivity contribution in [2.45, 2.75) is 32.1 Å². The Morgan fingerprint density at radius 3 is 3.15 bits per heavy atom. The van der Waals surface area contributed by atoms with E-state index < -0.39 is 0 Å². The summed E-state index contributed by atoms with van der Waals surface area (Å²) in [5.41, 5.74) is 3.40. The van der Waals surface area contributed by atoms with Gasteiger partial charge in [0.15, 0.2) is 0 Å². The molecule has 0 N–H and O–H groups in total. The van der Waals surface area contributed by atoms with Crippen LogP contribution in [0.15, 0.2) is 35.5 Å². The largest absolute Gasteiger partial charge is 0.0879 e. The fourth-order valence-electron chi connectivity index (χ4n) is 3.12. The van der Waals surface area contributed by atoms with Gasteiger partial charge in [0.25, 0.3) is 0 Å². The third-order valence-electron chi connectivity index (χ3n) is 3.81. The van der Waals surface area contributed by atoms with Crippen LogP contribution in [0, 0.1) is 11.8 Å². The van der Waals surface area contributed by atoms with Gasteiger partial charge >= 0.3 is 0 Å². The molecule has 0 heteroatoms. The van der Waals surface area contributed by atoms with Gasteiger partial charge in [-0.3, -0.25) is 0 Å². The van der Waals surface area contributed by atoms with Crippen LogP contribution in [0.3, 0.4) is 0 Å². The van der Waals surface area contributed by atoms with Crippen LogP contribution in [0.2, 0.25) is 0 Å². The first-order chi connectivity index (χ1) is 6.45. The van der Waals surface area contributed by atoms with Crippen molar-refractivity contribution in [3.05, 3.63) is 35.5 Å². The summed E-state index contributed by atoms with van der Waals surface area (Å²) in [5.74, 6) is 1.79. The number of hydrogen-bond acceptors (Lipinski definition) is 0. The van der Waals surface area contributed by atoms with E-state index in [1.807, 2.05) is 0 Å². The van der Waals surface area contributed by atoms with Gasteiger partial charge in [0.05, 0.1) is 0 Å². The van der Waals surface area contributed by atoms with E-state index in [4.69, 9.17) is 0 Å². The van der Waals surface area contributed by atoms with E-state index in [2.05, 4.69) is 24.3 Å². The number of rotatable bonds is 0. The minimum absolute atomic E-state index is 0.812. The Kier molecular flexibility index (Phi) is 1.68. The summed E-state index contributed by atoms with van der Waals surface area (Å²) in [6, 6.07) is 0. The van der Waals surface area contributed by atoms with E-state index in [1.54, 1.807) is 11.1 Å². The Morgan fingerprint density at radius 2 is 2.15 bits per heavy atom. The highest BCUT2D eigenvalue weighted by atomic mass is 14.4. The third-order valence-corrected chi connectivity index (χ3v) is 3.81. The molecule has 3 aliphatic carbocycles. The lowest BCUT2D eigenvalue weighted by atomic mass is 9.71. The van der Waals surface area contributed by atoms with Crippen molar-refractivity contribution in [1.82, 2.24) is 0 Å². The molecule has 0 aromatic carbocycles. The Morgan fingerprint density at radius 1 is 1.15 bits per heavy atom. The molecule has 0 amide bonds. The van der Waals surface area contributed by atoms with Crippen LogP contribution in [-0.4, -0.2) is 0 Å². The van der Waals surface area contributed by atoms with Gasteiger partial charge in [-0.25, -0.2) is 0 Å². The second kappa shape index (κ2) is 2.87. The summed E-state index contributed by atoms with van der Waals surface area (Å²) in [7, 11) is 0. The van der Waals surface area contributed by atoms with Crippen LogP contribution < -0.4 is 0 Å². The van der Waals surface area contributed by atoms with Crippen LogP contribution in [0.25, 0.3) is 0 Å². The van der Waals surface area contributed by atoms with E-state index in [0.717, 1.165) is 11.8 Å².